The molecule has 29 heavy (non-hydrogen) atoms. The van der Waals surface area contributed by atoms with Crippen molar-refractivity contribution in [1.29, 1.82) is 0 Å². The van der Waals surface area contributed by atoms with E-state index in [-0.39, 0.29) is 29.4 Å². The molecule has 2 aliphatic heterocycles. The van der Waals surface area contributed by atoms with Gasteiger partial charge in [-0.3, -0.25) is 4.79 Å². The number of ether oxygens (including phenoxy) is 4. The number of rotatable bonds is 6. The van der Waals surface area contributed by atoms with Gasteiger partial charge in [0.1, 0.15) is 5.75 Å². The van der Waals surface area contributed by atoms with Gasteiger partial charge in [-0.05, 0) is 48.7 Å². The van der Waals surface area contributed by atoms with Crippen molar-refractivity contribution in [3.8, 4) is 17.2 Å². The maximum absolute atomic E-state index is 12.7. The molecule has 1 amide bonds. The first kappa shape index (κ1) is 19.4. The molecular weight excluding hydrogens is 384 g/mol. The van der Waals surface area contributed by atoms with Gasteiger partial charge >= 0.3 is 6.61 Å². The van der Waals surface area contributed by atoms with Crippen molar-refractivity contribution in [3.05, 3.63) is 53.6 Å². The Balaban J connectivity index is 1.51. The van der Waals surface area contributed by atoms with Crippen LogP contribution in [0.1, 0.15) is 28.8 Å². The molecule has 2 heterocycles. The van der Waals surface area contributed by atoms with Gasteiger partial charge in [-0.2, -0.15) is 8.78 Å². The Hall–Kier alpha value is -2.87. The first-order chi connectivity index (χ1) is 14.1. The van der Waals surface area contributed by atoms with E-state index < -0.39 is 6.61 Å². The van der Waals surface area contributed by atoms with Crippen LogP contribution in [-0.2, 0) is 10.2 Å². The lowest BCUT2D eigenvalue weighted by Gasteiger charge is -2.38. The van der Waals surface area contributed by atoms with Crippen molar-refractivity contribution in [2.45, 2.75) is 24.9 Å². The zero-order valence-electron chi connectivity index (χ0n) is 15.7. The fraction of sp³-hybridized carbons (Fsp3) is 0.381. The van der Waals surface area contributed by atoms with Crippen LogP contribution in [0.2, 0.25) is 0 Å². The monoisotopic (exact) mass is 405 g/mol. The Morgan fingerprint density at radius 2 is 1.90 bits per heavy atom. The zero-order valence-corrected chi connectivity index (χ0v) is 15.7. The lowest BCUT2D eigenvalue weighted by Crippen LogP contribution is -2.44. The van der Waals surface area contributed by atoms with Crippen molar-refractivity contribution in [2.24, 2.45) is 0 Å². The SMILES string of the molecule is O=C(NCC1(c2ccc3c(c2)OCO3)CCOCC1)c1cccc(OC(F)F)c1. The molecule has 0 radical (unpaired) electrons. The van der Waals surface area contributed by atoms with Crippen LogP contribution in [0.15, 0.2) is 42.5 Å². The highest BCUT2D eigenvalue weighted by molar-refractivity contribution is 5.94. The van der Waals surface area contributed by atoms with Gasteiger partial charge in [0.25, 0.3) is 5.91 Å². The fourth-order valence-corrected chi connectivity index (χ4v) is 3.72. The highest BCUT2D eigenvalue weighted by Gasteiger charge is 2.36. The van der Waals surface area contributed by atoms with Gasteiger partial charge in [0.05, 0.1) is 0 Å². The van der Waals surface area contributed by atoms with Crippen LogP contribution >= 0.6 is 0 Å². The van der Waals surface area contributed by atoms with E-state index in [2.05, 4.69) is 10.1 Å². The molecule has 0 aliphatic carbocycles. The van der Waals surface area contributed by atoms with E-state index >= 15 is 0 Å². The van der Waals surface area contributed by atoms with Crippen LogP contribution in [0.3, 0.4) is 0 Å². The summed E-state index contributed by atoms with van der Waals surface area (Å²) in [5.74, 6) is 0.993. The van der Waals surface area contributed by atoms with Crippen molar-refractivity contribution in [3.63, 3.8) is 0 Å². The molecule has 6 nitrogen and oxygen atoms in total. The molecule has 0 unspecified atom stereocenters. The molecule has 2 aromatic rings. The summed E-state index contributed by atoms with van der Waals surface area (Å²) < 4.78 is 45.6. The Labute approximate surface area is 166 Å². The summed E-state index contributed by atoms with van der Waals surface area (Å²) >= 11 is 0. The Bertz CT molecular complexity index is 883. The van der Waals surface area contributed by atoms with Gasteiger partial charge in [0.15, 0.2) is 11.5 Å². The first-order valence-electron chi connectivity index (χ1n) is 9.37. The third-order valence-electron chi connectivity index (χ3n) is 5.34. The van der Waals surface area contributed by atoms with E-state index in [1.165, 1.54) is 18.2 Å². The second-order valence-corrected chi connectivity index (χ2v) is 7.05. The minimum absolute atomic E-state index is 0.0517. The van der Waals surface area contributed by atoms with Crippen molar-refractivity contribution in [1.82, 2.24) is 5.32 Å². The molecule has 0 saturated carbocycles. The number of fused-ring (bicyclic) bond motifs is 1. The smallest absolute Gasteiger partial charge is 0.387 e. The number of hydrogen-bond acceptors (Lipinski definition) is 5. The van der Waals surface area contributed by atoms with Gasteiger partial charge < -0.3 is 24.3 Å². The Morgan fingerprint density at radius 1 is 1.10 bits per heavy atom. The average molecular weight is 405 g/mol. The van der Waals surface area contributed by atoms with Crippen LogP contribution < -0.4 is 19.5 Å². The number of halogens is 2. The number of carbonyl (C=O) groups excluding carboxylic acids is 1. The van der Waals surface area contributed by atoms with Crippen LogP contribution in [0.4, 0.5) is 8.78 Å². The summed E-state index contributed by atoms with van der Waals surface area (Å²) in [6.07, 6.45) is 1.48. The van der Waals surface area contributed by atoms with Gasteiger partial charge in [-0.15, -0.1) is 0 Å². The lowest BCUT2D eigenvalue weighted by molar-refractivity contribution is -0.0498. The van der Waals surface area contributed by atoms with Crippen LogP contribution in [0, 0.1) is 0 Å². The first-order valence-corrected chi connectivity index (χ1v) is 9.37. The third-order valence-corrected chi connectivity index (χ3v) is 5.34. The van der Waals surface area contributed by atoms with Gasteiger partial charge in [0, 0.05) is 30.7 Å². The Morgan fingerprint density at radius 3 is 2.69 bits per heavy atom. The summed E-state index contributed by atoms with van der Waals surface area (Å²) in [5.41, 5.74) is 0.989. The molecule has 154 valence electrons. The van der Waals surface area contributed by atoms with Crippen LogP contribution in [0.5, 0.6) is 17.2 Å². The molecule has 2 aliphatic rings. The molecule has 1 fully saturated rings. The van der Waals surface area contributed by atoms with E-state index in [0.29, 0.717) is 31.3 Å². The summed E-state index contributed by atoms with van der Waals surface area (Å²) in [6.45, 7) is -1.19. The van der Waals surface area contributed by atoms with Crippen LogP contribution in [0.25, 0.3) is 0 Å². The standard InChI is InChI=1S/C21H21F2NO5/c22-20(23)29-16-3-1-2-14(10-16)19(25)24-12-21(6-8-26-9-7-21)15-4-5-17-18(11-15)28-13-27-17/h1-5,10-11,20H,6-9,12-13H2,(H,24,25). The van der Waals surface area contributed by atoms with Gasteiger partial charge in [0.2, 0.25) is 6.79 Å². The fourth-order valence-electron chi connectivity index (χ4n) is 3.72. The number of nitrogens with one attached hydrogen (secondary N) is 1. The largest absolute Gasteiger partial charge is 0.454 e. The summed E-state index contributed by atoms with van der Waals surface area (Å²) in [7, 11) is 0. The molecule has 2 aromatic carbocycles. The third kappa shape index (κ3) is 4.27. The molecule has 8 heteroatoms. The average Bonchev–Trinajstić information content (AvgIpc) is 3.20. The number of benzene rings is 2. The summed E-state index contributed by atoms with van der Waals surface area (Å²) in [4.78, 5) is 12.7. The predicted octanol–water partition coefficient (Wildman–Crippen LogP) is 3.49. The quantitative estimate of drug-likeness (QED) is 0.797. The summed E-state index contributed by atoms with van der Waals surface area (Å²) in [6, 6.07) is 11.6. The highest BCUT2D eigenvalue weighted by Crippen LogP contribution is 2.40. The zero-order chi connectivity index (χ0) is 20.3. The maximum atomic E-state index is 12.7. The topological polar surface area (TPSA) is 66.0 Å². The van der Waals surface area contributed by atoms with E-state index in [4.69, 9.17) is 14.2 Å². The minimum atomic E-state index is -2.94. The minimum Gasteiger partial charge on any atom is -0.454 e. The number of carbonyl (C=O) groups is 1. The van der Waals surface area contributed by atoms with E-state index in [0.717, 1.165) is 18.4 Å². The van der Waals surface area contributed by atoms with E-state index in [1.807, 2.05) is 18.2 Å². The molecule has 0 aromatic heterocycles. The molecule has 0 bridgehead atoms. The van der Waals surface area contributed by atoms with Gasteiger partial charge in [-0.25, -0.2) is 0 Å². The highest BCUT2D eigenvalue weighted by atomic mass is 19.3. The molecule has 4 rings (SSSR count). The molecule has 1 saturated heterocycles. The van der Waals surface area contributed by atoms with Crippen molar-refractivity contribution in [2.75, 3.05) is 26.6 Å². The van der Waals surface area contributed by atoms with Crippen LogP contribution in [-0.4, -0.2) is 39.1 Å². The second kappa shape index (κ2) is 8.24. The van der Waals surface area contributed by atoms with Gasteiger partial charge in [-0.1, -0.05) is 12.1 Å². The van der Waals surface area contributed by atoms with Crippen molar-refractivity contribution < 1.29 is 32.5 Å². The predicted molar refractivity (Wildman–Crippen MR) is 99.7 cm³/mol. The number of alkyl halides is 2. The lowest BCUT2D eigenvalue weighted by atomic mass is 9.74. The molecule has 0 atom stereocenters. The number of amides is 1. The van der Waals surface area contributed by atoms with Crippen molar-refractivity contribution >= 4 is 5.91 Å². The molecular formula is C21H21F2NO5. The molecule has 1 N–H and O–H groups in total. The summed E-state index contributed by atoms with van der Waals surface area (Å²) in [5, 5.41) is 2.95. The molecule has 0 spiro atoms. The van der Waals surface area contributed by atoms with E-state index in [9.17, 15) is 13.6 Å². The normalized spacial score (nSPS) is 17.2. The number of hydrogen-bond donors (Lipinski definition) is 1. The Kier molecular flexibility index (Phi) is 5.53. The second-order valence-electron chi connectivity index (χ2n) is 7.05. The maximum Gasteiger partial charge on any atom is 0.387 e. The van der Waals surface area contributed by atoms with E-state index in [1.54, 1.807) is 6.07 Å².